The highest BCUT2D eigenvalue weighted by Crippen LogP contribution is 1.96. The number of likely N-dealkylation sites (N-methyl/N-ethyl adjacent to an activating group) is 1. The van der Waals surface area contributed by atoms with E-state index >= 15 is 0 Å². The fourth-order valence-electron chi connectivity index (χ4n) is 1.40. The lowest BCUT2D eigenvalue weighted by molar-refractivity contribution is 0.349. The van der Waals surface area contributed by atoms with Gasteiger partial charge in [0, 0.05) is 31.5 Å². The van der Waals surface area contributed by atoms with Crippen molar-refractivity contribution in [1.29, 1.82) is 0 Å². The van der Waals surface area contributed by atoms with Crippen LogP contribution in [0.15, 0.2) is 24.5 Å². The van der Waals surface area contributed by atoms with Crippen LogP contribution in [0.25, 0.3) is 0 Å². The van der Waals surface area contributed by atoms with Gasteiger partial charge in [-0.25, -0.2) is 0 Å². The molecule has 0 saturated carbocycles. The monoisotopic (exact) mass is 193 g/mol. The van der Waals surface area contributed by atoms with Crippen LogP contribution in [-0.2, 0) is 6.54 Å². The minimum absolute atomic E-state index is 0.512. The minimum atomic E-state index is 0.512. The predicted octanol–water partition coefficient (Wildman–Crippen LogP) is 1.12. The Morgan fingerprint density at radius 1 is 1.36 bits per heavy atom. The number of hydrogen-bond acceptors (Lipinski definition) is 3. The molecule has 78 valence electrons. The van der Waals surface area contributed by atoms with Crippen LogP contribution in [-0.4, -0.2) is 36.6 Å². The van der Waals surface area contributed by atoms with E-state index in [0.717, 1.165) is 13.1 Å². The third kappa shape index (κ3) is 4.35. The van der Waals surface area contributed by atoms with E-state index in [-0.39, 0.29) is 0 Å². The van der Waals surface area contributed by atoms with Gasteiger partial charge in [0.1, 0.15) is 0 Å². The Morgan fingerprint density at radius 2 is 2.00 bits per heavy atom. The molecule has 0 aromatic carbocycles. The Kier molecular flexibility index (Phi) is 4.56. The molecule has 1 aromatic rings. The van der Waals surface area contributed by atoms with Gasteiger partial charge < -0.3 is 10.2 Å². The molecule has 0 radical (unpaired) electrons. The normalized spacial score (nSPS) is 13.1. The fourth-order valence-corrected chi connectivity index (χ4v) is 1.40. The van der Waals surface area contributed by atoms with Crippen LogP contribution < -0.4 is 5.32 Å². The van der Waals surface area contributed by atoms with E-state index in [1.165, 1.54) is 5.56 Å². The lowest BCUT2D eigenvalue weighted by Crippen LogP contribution is -2.35. The first-order valence-electron chi connectivity index (χ1n) is 4.95. The Balaban J connectivity index is 2.27. The number of hydrogen-bond donors (Lipinski definition) is 1. The van der Waals surface area contributed by atoms with Crippen molar-refractivity contribution in [3.05, 3.63) is 30.1 Å². The molecule has 0 amide bonds. The molecule has 3 nitrogen and oxygen atoms in total. The highest BCUT2D eigenvalue weighted by atomic mass is 15.1. The summed E-state index contributed by atoms with van der Waals surface area (Å²) in [7, 11) is 4.18. The van der Waals surface area contributed by atoms with Crippen LogP contribution in [0.5, 0.6) is 0 Å². The van der Waals surface area contributed by atoms with Crippen molar-refractivity contribution in [3.63, 3.8) is 0 Å². The van der Waals surface area contributed by atoms with Gasteiger partial charge >= 0.3 is 0 Å². The smallest absolute Gasteiger partial charge is 0.0271 e. The molecular formula is C11H19N3. The first-order chi connectivity index (χ1) is 6.68. The molecule has 0 aliphatic rings. The summed E-state index contributed by atoms with van der Waals surface area (Å²) in [4.78, 5) is 6.17. The number of nitrogens with zero attached hydrogens (tertiary/aromatic N) is 2. The van der Waals surface area contributed by atoms with Crippen LogP contribution in [0, 0.1) is 0 Å². The summed E-state index contributed by atoms with van der Waals surface area (Å²) in [6.07, 6.45) is 3.65. The number of pyridine rings is 1. The van der Waals surface area contributed by atoms with E-state index < -0.39 is 0 Å². The van der Waals surface area contributed by atoms with Crippen LogP contribution >= 0.6 is 0 Å². The summed E-state index contributed by atoms with van der Waals surface area (Å²) in [6, 6.07) is 4.59. The van der Waals surface area contributed by atoms with Crippen molar-refractivity contribution >= 4 is 0 Å². The summed E-state index contributed by atoms with van der Waals surface area (Å²) >= 11 is 0. The Labute approximate surface area is 86.2 Å². The van der Waals surface area contributed by atoms with Crippen molar-refractivity contribution in [2.24, 2.45) is 0 Å². The SMILES string of the molecule is CC(CN(C)C)NCc1ccncc1. The molecule has 1 N–H and O–H groups in total. The molecule has 0 aliphatic carbocycles. The maximum atomic E-state index is 3.98. The molecule has 1 heterocycles. The van der Waals surface area contributed by atoms with Gasteiger partial charge in [0.25, 0.3) is 0 Å². The predicted molar refractivity (Wildman–Crippen MR) is 59.1 cm³/mol. The van der Waals surface area contributed by atoms with Crippen LogP contribution in [0.2, 0.25) is 0 Å². The number of nitrogens with one attached hydrogen (secondary N) is 1. The van der Waals surface area contributed by atoms with Crippen molar-refractivity contribution in [3.8, 4) is 0 Å². The van der Waals surface area contributed by atoms with Gasteiger partial charge in [-0.3, -0.25) is 4.98 Å². The van der Waals surface area contributed by atoms with E-state index in [9.17, 15) is 0 Å². The average Bonchev–Trinajstić information content (AvgIpc) is 2.15. The van der Waals surface area contributed by atoms with Crippen molar-refractivity contribution in [2.75, 3.05) is 20.6 Å². The number of aromatic nitrogens is 1. The topological polar surface area (TPSA) is 28.2 Å². The van der Waals surface area contributed by atoms with E-state index in [4.69, 9.17) is 0 Å². The summed E-state index contributed by atoms with van der Waals surface area (Å²) in [5.74, 6) is 0. The molecule has 0 saturated heterocycles. The number of rotatable bonds is 5. The Morgan fingerprint density at radius 3 is 2.57 bits per heavy atom. The second-order valence-corrected chi connectivity index (χ2v) is 3.90. The van der Waals surface area contributed by atoms with Crippen LogP contribution in [0.1, 0.15) is 12.5 Å². The van der Waals surface area contributed by atoms with Crippen molar-refractivity contribution < 1.29 is 0 Å². The van der Waals surface area contributed by atoms with Gasteiger partial charge in [0.15, 0.2) is 0 Å². The average molecular weight is 193 g/mol. The highest BCUT2D eigenvalue weighted by molar-refractivity contribution is 5.09. The van der Waals surface area contributed by atoms with Crippen LogP contribution in [0.4, 0.5) is 0 Å². The van der Waals surface area contributed by atoms with E-state index in [2.05, 4.69) is 36.2 Å². The first-order valence-corrected chi connectivity index (χ1v) is 4.95. The van der Waals surface area contributed by atoms with Gasteiger partial charge in [0.05, 0.1) is 0 Å². The summed E-state index contributed by atoms with van der Waals surface area (Å²) < 4.78 is 0. The second kappa shape index (κ2) is 5.73. The van der Waals surface area contributed by atoms with Gasteiger partial charge in [0.2, 0.25) is 0 Å². The lowest BCUT2D eigenvalue weighted by Gasteiger charge is -2.18. The standard InChI is InChI=1S/C11H19N3/c1-10(9-14(2)3)13-8-11-4-6-12-7-5-11/h4-7,10,13H,8-9H2,1-3H3. The molecule has 0 spiro atoms. The second-order valence-electron chi connectivity index (χ2n) is 3.90. The molecular weight excluding hydrogens is 174 g/mol. The molecule has 1 rings (SSSR count). The van der Waals surface area contributed by atoms with Crippen molar-refractivity contribution in [1.82, 2.24) is 15.2 Å². The third-order valence-electron chi connectivity index (χ3n) is 2.04. The Hall–Kier alpha value is -0.930. The summed E-state index contributed by atoms with van der Waals surface area (Å²) in [5, 5.41) is 3.46. The van der Waals surface area contributed by atoms with E-state index in [1.807, 2.05) is 24.5 Å². The zero-order chi connectivity index (χ0) is 10.4. The van der Waals surface area contributed by atoms with Gasteiger partial charge in [-0.05, 0) is 38.7 Å². The molecule has 14 heavy (non-hydrogen) atoms. The summed E-state index contributed by atoms with van der Waals surface area (Å²) in [5.41, 5.74) is 1.28. The van der Waals surface area contributed by atoms with Gasteiger partial charge in [-0.2, -0.15) is 0 Å². The zero-order valence-electron chi connectivity index (χ0n) is 9.20. The summed E-state index contributed by atoms with van der Waals surface area (Å²) in [6.45, 7) is 4.17. The van der Waals surface area contributed by atoms with Gasteiger partial charge in [-0.15, -0.1) is 0 Å². The molecule has 1 aromatic heterocycles. The maximum absolute atomic E-state index is 3.98. The fraction of sp³-hybridized carbons (Fsp3) is 0.545. The highest BCUT2D eigenvalue weighted by Gasteiger charge is 2.01. The molecule has 1 unspecified atom stereocenters. The van der Waals surface area contributed by atoms with E-state index in [1.54, 1.807) is 0 Å². The largest absolute Gasteiger partial charge is 0.309 e. The molecule has 0 fully saturated rings. The molecule has 1 atom stereocenters. The van der Waals surface area contributed by atoms with Crippen LogP contribution in [0.3, 0.4) is 0 Å². The minimum Gasteiger partial charge on any atom is -0.309 e. The molecule has 0 bridgehead atoms. The zero-order valence-corrected chi connectivity index (χ0v) is 9.20. The van der Waals surface area contributed by atoms with Crippen molar-refractivity contribution in [2.45, 2.75) is 19.5 Å². The first kappa shape index (κ1) is 11.1. The Bertz CT molecular complexity index is 246. The third-order valence-corrected chi connectivity index (χ3v) is 2.04. The molecule has 0 aliphatic heterocycles. The van der Waals surface area contributed by atoms with Gasteiger partial charge in [-0.1, -0.05) is 0 Å². The quantitative estimate of drug-likeness (QED) is 0.759. The maximum Gasteiger partial charge on any atom is 0.0271 e. The molecule has 3 heteroatoms. The van der Waals surface area contributed by atoms with E-state index in [0.29, 0.717) is 6.04 Å². The lowest BCUT2D eigenvalue weighted by atomic mass is 10.2.